The first-order valence-corrected chi connectivity index (χ1v) is 8.90. The first-order chi connectivity index (χ1) is 13.2. The van der Waals surface area contributed by atoms with Gasteiger partial charge in [-0.25, -0.2) is 4.98 Å². The number of methoxy groups -OCH3 is 1. The molecule has 1 aromatic heterocycles. The third-order valence-corrected chi connectivity index (χ3v) is 4.63. The normalized spacial score (nSPS) is 10.9. The van der Waals surface area contributed by atoms with Gasteiger partial charge in [-0.15, -0.1) is 0 Å². The molecule has 0 bridgehead atoms. The molecule has 0 saturated heterocycles. The van der Waals surface area contributed by atoms with E-state index in [1.807, 2.05) is 83.4 Å². The van der Waals surface area contributed by atoms with E-state index in [2.05, 4.69) is 4.98 Å². The molecule has 0 atom stereocenters. The molecule has 27 heavy (non-hydrogen) atoms. The van der Waals surface area contributed by atoms with Crippen molar-refractivity contribution >= 4 is 11.0 Å². The van der Waals surface area contributed by atoms with E-state index in [-0.39, 0.29) is 5.56 Å². The van der Waals surface area contributed by atoms with Crippen molar-refractivity contribution in [1.82, 2.24) is 9.55 Å². The molecule has 4 rings (SSSR count). The van der Waals surface area contributed by atoms with Crippen molar-refractivity contribution in [2.75, 3.05) is 7.11 Å². The summed E-state index contributed by atoms with van der Waals surface area (Å²) in [4.78, 5) is 17.8. The van der Waals surface area contributed by atoms with Gasteiger partial charge in [0.05, 0.1) is 24.7 Å². The Hall–Kier alpha value is -3.40. The molecule has 0 aliphatic carbocycles. The van der Waals surface area contributed by atoms with Crippen molar-refractivity contribution in [3.8, 4) is 5.75 Å². The third kappa shape index (κ3) is 3.60. The second-order valence-corrected chi connectivity index (χ2v) is 6.45. The summed E-state index contributed by atoms with van der Waals surface area (Å²) in [6.07, 6.45) is 0.489. The summed E-state index contributed by atoms with van der Waals surface area (Å²) in [5, 5.41) is 0. The molecular weight excluding hydrogens is 336 g/mol. The number of rotatable bonds is 5. The van der Waals surface area contributed by atoms with Gasteiger partial charge in [-0.3, -0.25) is 4.79 Å². The van der Waals surface area contributed by atoms with E-state index >= 15 is 0 Å². The highest BCUT2D eigenvalue weighted by Crippen LogP contribution is 2.16. The van der Waals surface area contributed by atoms with Gasteiger partial charge < -0.3 is 9.30 Å². The van der Waals surface area contributed by atoms with Gasteiger partial charge in [0.1, 0.15) is 11.4 Å². The number of para-hydroxylation sites is 2. The van der Waals surface area contributed by atoms with Crippen LogP contribution in [-0.2, 0) is 13.0 Å². The number of benzene rings is 3. The number of hydrogen-bond acceptors (Lipinski definition) is 3. The first-order valence-electron chi connectivity index (χ1n) is 8.90. The van der Waals surface area contributed by atoms with E-state index in [1.54, 1.807) is 7.11 Å². The van der Waals surface area contributed by atoms with Crippen LogP contribution in [-0.4, -0.2) is 16.7 Å². The lowest BCUT2D eigenvalue weighted by Gasteiger charge is -2.13. The fourth-order valence-corrected chi connectivity index (χ4v) is 3.22. The lowest BCUT2D eigenvalue weighted by Crippen LogP contribution is -2.26. The largest absolute Gasteiger partial charge is 0.497 e. The monoisotopic (exact) mass is 356 g/mol. The Bertz CT molecular complexity index is 1120. The number of nitrogens with zero attached hydrogens (tertiary/aromatic N) is 2. The van der Waals surface area contributed by atoms with Gasteiger partial charge in [0.2, 0.25) is 0 Å². The fourth-order valence-electron chi connectivity index (χ4n) is 3.22. The van der Waals surface area contributed by atoms with Crippen molar-refractivity contribution in [3.05, 3.63) is 106 Å². The second-order valence-electron chi connectivity index (χ2n) is 6.45. The van der Waals surface area contributed by atoms with Gasteiger partial charge in [-0.05, 0) is 35.4 Å². The van der Waals surface area contributed by atoms with Crippen LogP contribution in [0, 0.1) is 0 Å². The standard InChI is InChI=1S/C23H20N2O2/c1-27-19-13-11-17(12-14-19)15-21-23(26)25(16-18-7-3-2-4-8-18)22-10-6-5-9-20(22)24-21/h2-14H,15-16H2,1H3. The minimum absolute atomic E-state index is 0.0478. The minimum atomic E-state index is -0.0478. The zero-order valence-electron chi connectivity index (χ0n) is 15.1. The Morgan fingerprint density at radius 2 is 1.56 bits per heavy atom. The van der Waals surface area contributed by atoms with Crippen LogP contribution >= 0.6 is 0 Å². The molecular formula is C23H20N2O2. The summed E-state index contributed by atoms with van der Waals surface area (Å²) < 4.78 is 7.02. The van der Waals surface area contributed by atoms with Crippen LogP contribution < -0.4 is 10.3 Å². The summed E-state index contributed by atoms with van der Waals surface area (Å²) in [7, 11) is 1.64. The molecule has 0 spiro atoms. The topological polar surface area (TPSA) is 44.1 Å². The average Bonchev–Trinajstić information content (AvgIpc) is 2.72. The number of aromatic nitrogens is 2. The minimum Gasteiger partial charge on any atom is -0.497 e. The van der Waals surface area contributed by atoms with Gasteiger partial charge in [0, 0.05) is 6.42 Å². The molecule has 0 fully saturated rings. The van der Waals surface area contributed by atoms with Crippen LogP contribution in [0.25, 0.3) is 11.0 Å². The smallest absolute Gasteiger partial charge is 0.273 e. The molecule has 0 amide bonds. The molecule has 0 N–H and O–H groups in total. The second kappa shape index (κ2) is 7.46. The lowest BCUT2D eigenvalue weighted by molar-refractivity contribution is 0.414. The Balaban J connectivity index is 1.79. The molecule has 3 aromatic carbocycles. The zero-order chi connectivity index (χ0) is 18.6. The van der Waals surface area contributed by atoms with Crippen LogP contribution in [0.15, 0.2) is 83.7 Å². The Morgan fingerprint density at radius 1 is 0.852 bits per heavy atom. The Kier molecular flexibility index (Phi) is 4.71. The molecule has 0 aliphatic rings. The average molecular weight is 356 g/mol. The molecule has 4 heteroatoms. The van der Waals surface area contributed by atoms with Crippen LogP contribution in [0.2, 0.25) is 0 Å². The van der Waals surface area contributed by atoms with E-state index in [9.17, 15) is 4.79 Å². The summed E-state index contributed by atoms with van der Waals surface area (Å²) in [5.41, 5.74) is 4.30. The summed E-state index contributed by atoms with van der Waals surface area (Å²) in [5.74, 6) is 0.798. The van der Waals surface area contributed by atoms with Gasteiger partial charge in [0.15, 0.2) is 0 Å². The van der Waals surface area contributed by atoms with Crippen LogP contribution in [0.1, 0.15) is 16.8 Å². The van der Waals surface area contributed by atoms with E-state index < -0.39 is 0 Å². The summed E-state index contributed by atoms with van der Waals surface area (Å²) in [6, 6.07) is 25.5. The predicted octanol–water partition coefficient (Wildman–Crippen LogP) is 4.04. The van der Waals surface area contributed by atoms with Crippen LogP contribution in [0.3, 0.4) is 0 Å². The zero-order valence-corrected chi connectivity index (χ0v) is 15.1. The fraction of sp³-hybridized carbons (Fsp3) is 0.130. The van der Waals surface area contributed by atoms with E-state index in [0.29, 0.717) is 18.7 Å². The van der Waals surface area contributed by atoms with Gasteiger partial charge >= 0.3 is 0 Å². The molecule has 4 nitrogen and oxygen atoms in total. The molecule has 0 unspecified atom stereocenters. The number of fused-ring (bicyclic) bond motifs is 1. The maximum atomic E-state index is 13.2. The highest BCUT2D eigenvalue weighted by atomic mass is 16.5. The van der Waals surface area contributed by atoms with Crippen molar-refractivity contribution in [2.45, 2.75) is 13.0 Å². The SMILES string of the molecule is COc1ccc(Cc2nc3ccccc3n(Cc3ccccc3)c2=O)cc1. The summed E-state index contributed by atoms with van der Waals surface area (Å²) in [6.45, 7) is 0.526. The Morgan fingerprint density at radius 3 is 2.30 bits per heavy atom. The molecule has 0 radical (unpaired) electrons. The van der Waals surface area contributed by atoms with Crippen molar-refractivity contribution in [2.24, 2.45) is 0 Å². The highest BCUT2D eigenvalue weighted by Gasteiger charge is 2.12. The molecule has 134 valence electrons. The summed E-state index contributed by atoms with van der Waals surface area (Å²) >= 11 is 0. The first kappa shape index (κ1) is 17.0. The maximum absolute atomic E-state index is 13.2. The molecule has 0 aliphatic heterocycles. The van der Waals surface area contributed by atoms with Crippen molar-refractivity contribution < 1.29 is 4.74 Å². The predicted molar refractivity (Wildman–Crippen MR) is 107 cm³/mol. The van der Waals surface area contributed by atoms with Crippen LogP contribution in [0.4, 0.5) is 0 Å². The molecule has 1 heterocycles. The maximum Gasteiger partial charge on any atom is 0.273 e. The molecule has 4 aromatic rings. The number of hydrogen-bond donors (Lipinski definition) is 0. The van der Waals surface area contributed by atoms with Gasteiger partial charge in [-0.1, -0.05) is 54.6 Å². The Labute approximate surface area is 157 Å². The van der Waals surface area contributed by atoms with E-state index in [1.165, 1.54) is 0 Å². The number of ether oxygens (including phenoxy) is 1. The highest BCUT2D eigenvalue weighted by molar-refractivity contribution is 5.74. The molecule has 0 saturated carbocycles. The van der Waals surface area contributed by atoms with E-state index in [4.69, 9.17) is 4.74 Å². The van der Waals surface area contributed by atoms with E-state index in [0.717, 1.165) is 27.9 Å². The van der Waals surface area contributed by atoms with Gasteiger partial charge in [-0.2, -0.15) is 0 Å². The van der Waals surface area contributed by atoms with Gasteiger partial charge in [0.25, 0.3) is 5.56 Å². The van der Waals surface area contributed by atoms with Crippen molar-refractivity contribution in [1.29, 1.82) is 0 Å². The van der Waals surface area contributed by atoms with Crippen molar-refractivity contribution in [3.63, 3.8) is 0 Å². The quantitative estimate of drug-likeness (QED) is 0.542. The third-order valence-electron chi connectivity index (χ3n) is 4.63. The lowest BCUT2D eigenvalue weighted by atomic mass is 10.1. The van der Waals surface area contributed by atoms with Crippen LogP contribution in [0.5, 0.6) is 5.75 Å².